The Morgan fingerprint density at radius 2 is 1.64 bits per heavy atom. The summed E-state index contributed by atoms with van der Waals surface area (Å²) in [6, 6.07) is 0. The van der Waals surface area contributed by atoms with Crippen molar-refractivity contribution >= 4 is 51.1 Å². The molecule has 0 aromatic rings. The lowest BCUT2D eigenvalue weighted by molar-refractivity contribution is -0.135. The fourth-order valence-electron chi connectivity index (χ4n) is 0.986. The summed E-state index contributed by atoms with van der Waals surface area (Å²) in [5, 5.41) is -1.57. The molecule has 0 rings (SSSR count). The highest BCUT2D eigenvalue weighted by atomic mass is 35.5. The SMILES string of the molecule is O=C(Cl)CCC(CCCl)C(=O)C(=O)Cl. The molecule has 0 N–H and O–H groups in total. The van der Waals surface area contributed by atoms with E-state index in [1.54, 1.807) is 0 Å². The minimum Gasteiger partial charge on any atom is -0.289 e. The number of hydrogen-bond acceptors (Lipinski definition) is 3. The summed E-state index contributed by atoms with van der Waals surface area (Å²) in [7, 11) is 0. The lowest BCUT2D eigenvalue weighted by Gasteiger charge is -2.09. The van der Waals surface area contributed by atoms with Crippen LogP contribution < -0.4 is 0 Å². The largest absolute Gasteiger partial charge is 0.289 e. The molecule has 14 heavy (non-hydrogen) atoms. The van der Waals surface area contributed by atoms with Gasteiger partial charge in [0.2, 0.25) is 11.0 Å². The molecule has 0 aliphatic rings. The van der Waals surface area contributed by atoms with Crippen molar-refractivity contribution in [3.8, 4) is 0 Å². The van der Waals surface area contributed by atoms with Gasteiger partial charge < -0.3 is 0 Å². The molecule has 0 aromatic heterocycles. The van der Waals surface area contributed by atoms with Gasteiger partial charge in [-0.15, -0.1) is 11.6 Å². The van der Waals surface area contributed by atoms with Crippen molar-refractivity contribution in [1.82, 2.24) is 0 Å². The molecule has 1 unspecified atom stereocenters. The standard InChI is InChI=1S/C8H9Cl3O3/c9-4-3-5(1-2-6(10)12)7(13)8(11)14/h5H,1-4H2. The summed E-state index contributed by atoms with van der Waals surface area (Å²) in [4.78, 5) is 32.2. The molecule has 0 aliphatic carbocycles. The van der Waals surface area contributed by atoms with Crippen LogP contribution in [0, 0.1) is 5.92 Å². The Morgan fingerprint density at radius 3 is 2.00 bits per heavy atom. The molecule has 0 fully saturated rings. The number of carbonyl (C=O) groups is 3. The quantitative estimate of drug-likeness (QED) is 0.400. The fraction of sp³-hybridized carbons (Fsp3) is 0.625. The average molecular weight is 260 g/mol. The third kappa shape index (κ3) is 5.58. The molecule has 0 aromatic carbocycles. The molecule has 3 nitrogen and oxygen atoms in total. The van der Waals surface area contributed by atoms with Crippen molar-refractivity contribution in [1.29, 1.82) is 0 Å². The summed E-state index contributed by atoms with van der Waals surface area (Å²) in [5.41, 5.74) is 0. The zero-order chi connectivity index (χ0) is 11.1. The normalized spacial score (nSPS) is 12.2. The van der Waals surface area contributed by atoms with Gasteiger partial charge in [-0.2, -0.15) is 0 Å². The van der Waals surface area contributed by atoms with Gasteiger partial charge in [-0.05, 0) is 36.0 Å². The van der Waals surface area contributed by atoms with Crippen LogP contribution in [0.5, 0.6) is 0 Å². The Hall–Kier alpha value is -0.120. The maximum Gasteiger partial charge on any atom is 0.288 e. The first-order chi connectivity index (χ1) is 6.49. The maximum absolute atomic E-state index is 11.2. The first-order valence-electron chi connectivity index (χ1n) is 3.97. The van der Waals surface area contributed by atoms with E-state index in [-0.39, 0.29) is 18.7 Å². The number of rotatable bonds is 7. The van der Waals surface area contributed by atoms with Crippen molar-refractivity contribution in [2.24, 2.45) is 5.92 Å². The number of carbonyl (C=O) groups excluding carboxylic acids is 3. The molecule has 80 valence electrons. The zero-order valence-electron chi connectivity index (χ0n) is 7.26. The molecule has 0 amide bonds. The van der Waals surface area contributed by atoms with Crippen LogP contribution in [0.1, 0.15) is 19.3 Å². The summed E-state index contributed by atoms with van der Waals surface area (Å²) in [6.07, 6.45) is 0.578. The molecule has 0 saturated heterocycles. The first kappa shape index (κ1) is 13.9. The van der Waals surface area contributed by atoms with Gasteiger partial charge in [-0.1, -0.05) is 0 Å². The number of halogens is 3. The maximum atomic E-state index is 11.2. The summed E-state index contributed by atoms with van der Waals surface area (Å²) >= 11 is 15.6. The molecule has 0 bridgehead atoms. The lowest BCUT2D eigenvalue weighted by atomic mass is 9.96. The van der Waals surface area contributed by atoms with E-state index in [2.05, 4.69) is 0 Å². The van der Waals surface area contributed by atoms with Crippen molar-refractivity contribution in [2.45, 2.75) is 19.3 Å². The Kier molecular flexibility index (Phi) is 7.15. The molecular weight excluding hydrogens is 250 g/mol. The van der Waals surface area contributed by atoms with E-state index >= 15 is 0 Å². The zero-order valence-corrected chi connectivity index (χ0v) is 9.53. The Morgan fingerprint density at radius 1 is 1.07 bits per heavy atom. The number of hydrogen-bond donors (Lipinski definition) is 0. The van der Waals surface area contributed by atoms with Crippen molar-refractivity contribution in [3.05, 3.63) is 0 Å². The van der Waals surface area contributed by atoms with E-state index in [1.165, 1.54) is 0 Å². The highest BCUT2D eigenvalue weighted by molar-refractivity contribution is 6.81. The van der Waals surface area contributed by atoms with Crippen molar-refractivity contribution in [3.63, 3.8) is 0 Å². The predicted octanol–water partition coefficient (Wildman–Crippen LogP) is 2.11. The number of Topliss-reactive ketones (excluding diaryl/α,β-unsaturated/α-hetero) is 1. The molecule has 0 radical (unpaired) electrons. The second-order valence-corrected chi connectivity index (χ2v) is 3.85. The summed E-state index contributed by atoms with van der Waals surface area (Å²) in [6.45, 7) is 0. The molecule has 0 aliphatic heterocycles. The minimum atomic E-state index is -1.03. The van der Waals surface area contributed by atoms with E-state index in [0.717, 1.165) is 0 Å². The van der Waals surface area contributed by atoms with Gasteiger partial charge in [0.15, 0.2) is 0 Å². The first-order valence-corrected chi connectivity index (χ1v) is 5.26. The van der Waals surface area contributed by atoms with Crippen LogP contribution in [0.3, 0.4) is 0 Å². The highest BCUT2D eigenvalue weighted by Crippen LogP contribution is 2.16. The van der Waals surface area contributed by atoms with Gasteiger partial charge in [-0.3, -0.25) is 14.4 Å². The van der Waals surface area contributed by atoms with E-state index in [9.17, 15) is 14.4 Å². The van der Waals surface area contributed by atoms with Gasteiger partial charge in [0.05, 0.1) is 0 Å². The lowest BCUT2D eigenvalue weighted by Crippen LogP contribution is -2.21. The van der Waals surface area contributed by atoms with Crippen LogP contribution in [-0.2, 0) is 14.4 Å². The van der Waals surface area contributed by atoms with Crippen LogP contribution in [-0.4, -0.2) is 22.1 Å². The van der Waals surface area contributed by atoms with Gasteiger partial charge in [0, 0.05) is 18.2 Å². The molecule has 6 heteroatoms. The second-order valence-electron chi connectivity index (χ2n) is 2.71. The molecule has 0 heterocycles. The number of alkyl halides is 1. The molecular formula is C8H9Cl3O3. The summed E-state index contributed by atoms with van der Waals surface area (Å²) < 4.78 is 0. The van der Waals surface area contributed by atoms with Gasteiger partial charge in [0.25, 0.3) is 5.24 Å². The van der Waals surface area contributed by atoms with Gasteiger partial charge in [-0.25, -0.2) is 0 Å². The fourth-order valence-corrected chi connectivity index (χ4v) is 1.51. The Labute approximate surface area is 96.7 Å². The van der Waals surface area contributed by atoms with Crippen LogP contribution in [0.2, 0.25) is 0 Å². The van der Waals surface area contributed by atoms with Crippen molar-refractivity contribution < 1.29 is 14.4 Å². The summed E-state index contributed by atoms with van der Waals surface area (Å²) in [5.74, 6) is -1.07. The van der Waals surface area contributed by atoms with E-state index in [1.807, 2.05) is 0 Å². The van der Waals surface area contributed by atoms with Gasteiger partial charge in [0.1, 0.15) is 0 Å². The third-order valence-electron chi connectivity index (χ3n) is 1.71. The van der Waals surface area contributed by atoms with Crippen LogP contribution in [0.25, 0.3) is 0 Å². The third-order valence-corrected chi connectivity index (χ3v) is 2.30. The second kappa shape index (κ2) is 7.21. The van der Waals surface area contributed by atoms with Gasteiger partial charge >= 0.3 is 0 Å². The van der Waals surface area contributed by atoms with E-state index in [0.29, 0.717) is 6.42 Å². The minimum absolute atomic E-state index is 0.0407. The average Bonchev–Trinajstić information content (AvgIpc) is 2.10. The van der Waals surface area contributed by atoms with Crippen LogP contribution >= 0.6 is 34.8 Å². The Bertz CT molecular complexity index is 240. The van der Waals surface area contributed by atoms with Crippen LogP contribution in [0.4, 0.5) is 0 Å². The Balaban J connectivity index is 4.21. The topological polar surface area (TPSA) is 51.2 Å². The van der Waals surface area contributed by atoms with Crippen molar-refractivity contribution in [2.75, 3.05) is 5.88 Å². The molecule has 0 saturated carbocycles. The van der Waals surface area contributed by atoms with E-state index in [4.69, 9.17) is 34.8 Å². The molecule has 0 spiro atoms. The monoisotopic (exact) mass is 258 g/mol. The highest BCUT2D eigenvalue weighted by Gasteiger charge is 2.23. The smallest absolute Gasteiger partial charge is 0.288 e. The van der Waals surface area contributed by atoms with E-state index < -0.39 is 22.2 Å². The predicted molar refractivity (Wildman–Crippen MR) is 54.8 cm³/mol. The van der Waals surface area contributed by atoms with Crippen LogP contribution in [0.15, 0.2) is 0 Å². The molecule has 1 atom stereocenters. The number of ketones is 1.